The number of benzene rings is 1. The van der Waals surface area contributed by atoms with Gasteiger partial charge >= 0.3 is 0 Å². The Morgan fingerprint density at radius 1 is 1.20 bits per heavy atom. The van der Waals surface area contributed by atoms with Crippen LogP contribution in [-0.4, -0.2) is 38.4 Å². The second-order valence-electron chi connectivity index (χ2n) is 8.16. The van der Waals surface area contributed by atoms with E-state index in [4.69, 9.17) is 0 Å². The summed E-state index contributed by atoms with van der Waals surface area (Å²) in [7, 11) is 1.95. The third kappa shape index (κ3) is 4.05. The van der Waals surface area contributed by atoms with Gasteiger partial charge in [0.15, 0.2) is 5.16 Å². The molecule has 7 heteroatoms. The van der Waals surface area contributed by atoms with Crippen molar-refractivity contribution in [3.63, 3.8) is 0 Å². The minimum atomic E-state index is 0.159. The molecule has 2 aromatic heterocycles. The Morgan fingerprint density at radius 2 is 2.07 bits per heavy atom. The molecule has 3 aromatic rings. The molecule has 1 saturated carbocycles. The van der Waals surface area contributed by atoms with Gasteiger partial charge in [-0.3, -0.25) is 4.79 Å². The van der Waals surface area contributed by atoms with Crippen LogP contribution >= 0.6 is 23.1 Å². The molecular weight excluding hydrogens is 412 g/mol. The van der Waals surface area contributed by atoms with Gasteiger partial charge in [0.05, 0.1) is 11.8 Å². The van der Waals surface area contributed by atoms with Crippen LogP contribution in [0.3, 0.4) is 0 Å². The highest BCUT2D eigenvalue weighted by atomic mass is 32.2. The van der Waals surface area contributed by atoms with Gasteiger partial charge in [-0.25, -0.2) is 0 Å². The largest absolute Gasteiger partial charge is 0.338 e. The molecule has 1 atom stereocenters. The molecule has 1 aromatic carbocycles. The molecule has 156 valence electrons. The topological polar surface area (TPSA) is 51.0 Å². The fraction of sp³-hybridized carbons (Fsp3) is 0.435. The first-order chi connectivity index (χ1) is 14.7. The van der Waals surface area contributed by atoms with Crippen LogP contribution in [0.15, 0.2) is 46.9 Å². The molecule has 2 aliphatic carbocycles. The maximum Gasteiger partial charge on any atom is 0.233 e. The van der Waals surface area contributed by atoms with E-state index >= 15 is 0 Å². The molecule has 1 amide bonds. The van der Waals surface area contributed by atoms with Gasteiger partial charge in [0.25, 0.3) is 0 Å². The first-order valence-electron chi connectivity index (χ1n) is 10.6. The Hall–Kier alpha value is -2.12. The molecule has 1 unspecified atom stereocenters. The smallest absolute Gasteiger partial charge is 0.233 e. The zero-order chi connectivity index (χ0) is 20.5. The number of carbonyl (C=O) groups excluding carboxylic acids is 1. The van der Waals surface area contributed by atoms with E-state index in [9.17, 15) is 4.79 Å². The van der Waals surface area contributed by atoms with Crippen LogP contribution in [0.25, 0.3) is 0 Å². The predicted octanol–water partition coefficient (Wildman–Crippen LogP) is 4.89. The van der Waals surface area contributed by atoms with Crippen molar-refractivity contribution in [1.82, 2.24) is 19.7 Å². The zero-order valence-corrected chi connectivity index (χ0v) is 18.8. The summed E-state index contributed by atoms with van der Waals surface area (Å²) >= 11 is 3.28. The van der Waals surface area contributed by atoms with Crippen molar-refractivity contribution in [2.45, 2.75) is 55.8 Å². The first kappa shape index (κ1) is 19.8. The molecule has 0 N–H and O–H groups in total. The number of thiophene rings is 1. The summed E-state index contributed by atoms with van der Waals surface area (Å²) < 4.78 is 2.27. The number of hydrogen-bond donors (Lipinski definition) is 0. The van der Waals surface area contributed by atoms with Gasteiger partial charge in [-0.1, -0.05) is 42.1 Å². The SMILES string of the molecule is CN(C(=O)CSc1nnc(Cc2cccs2)n1C1CC1)C1CCCc2ccccc21. The lowest BCUT2D eigenvalue weighted by atomic mass is 9.87. The lowest BCUT2D eigenvalue weighted by molar-refractivity contribution is -0.129. The summed E-state index contributed by atoms with van der Waals surface area (Å²) in [5, 5.41) is 11.9. The van der Waals surface area contributed by atoms with Crippen molar-refractivity contribution < 1.29 is 4.79 Å². The average molecular weight is 439 g/mol. The Bertz CT molecular complexity index is 1030. The number of hydrogen-bond acceptors (Lipinski definition) is 5. The highest BCUT2D eigenvalue weighted by molar-refractivity contribution is 7.99. The van der Waals surface area contributed by atoms with E-state index in [1.807, 2.05) is 11.9 Å². The van der Waals surface area contributed by atoms with Crippen molar-refractivity contribution in [3.05, 3.63) is 63.6 Å². The van der Waals surface area contributed by atoms with E-state index in [1.54, 1.807) is 11.3 Å². The van der Waals surface area contributed by atoms with Crippen LogP contribution in [0.4, 0.5) is 0 Å². The van der Waals surface area contributed by atoms with Gasteiger partial charge < -0.3 is 9.47 Å². The van der Waals surface area contributed by atoms with Crippen molar-refractivity contribution in [2.24, 2.45) is 0 Å². The fourth-order valence-electron chi connectivity index (χ4n) is 4.33. The monoisotopic (exact) mass is 438 g/mol. The Morgan fingerprint density at radius 3 is 2.87 bits per heavy atom. The number of thioether (sulfide) groups is 1. The molecule has 2 heterocycles. The van der Waals surface area contributed by atoms with E-state index in [-0.39, 0.29) is 11.9 Å². The van der Waals surface area contributed by atoms with Crippen LogP contribution in [0.5, 0.6) is 0 Å². The summed E-state index contributed by atoms with van der Waals surface area (Å²) in [4.78, 5) is 16.3. The lowest BCUT2D eigenvalue weighted by Crippen LogP contribution is -2.34. The van der Waals surface area contributed by atoms with Gasteiger partial charge in [-0.2, -0.15) is 0 Å². The standard InChI is InChI=1S/C23H26N4OS2/c1-26(20-10-4-7-16-6-2-3-9-19(16)20)22(28)15-30-23-25-24-21(27(23)17-11-12-17)14-18-8-5-13-29-18/h2-3,5-6,8-9,13,17,20H,4,7,10-12,14-15H2,1H3. The molecule has 1 fully saturated rings. The van der Waals surface area contributed by atoms with Gasteiger partial charge in [0, 0.05) is 24.4 Å². The molecule has 0 radical (unpaired) electrons. The third-order valence-corrected chi connectivity index (χ3v) is 7.89. The quantitative estimate of drug-likeness (QED) is 0.493. The molecule has 2 aliphatic rings. The number of carbonyl (C=O) groups is 1. The normalized spacial score (nSPS) is 18.2. The summed E-state index contributed by atoms with van der Waals surface area (Å²) in [6.45, 7) is 0. The lowest BCUT2D eigenvalue weighted by Gasteiger charge is -2.33. The van der Waals surface area contributed by atoms with Gasteiger partial charge in [-0.15, -0.1) is 21.5 Å². The Labute approximate surface area is 185 Å². The summed E-state index contributed by atoms with van der Waals surface area (Å²) in [5.41, 5.74) is 2.69. The molecule has 5 rings (SSSR count). The fourth-order valence-corrected chi connectivity index (χ4v) is 5.98. The first-order valence-corrected chi connectivity index (χ1v) is 12.5. The van der Waals surface area contributed by atoms with Crippen molar-refractivity contribution in [2.75, 3.05) is 12.8 Å². The van der Waals surface area contributed by atoms with Crippen LogP contribution < -0.4 is 0 Å². The number of rotatable bonds is 7. The van der Waals surface area contributed by atoms with E-state index in [0.717, 1.165) is 36.7 Å². The summed E-state index contributed by atoms with van der Waals surface area (Å²) in [6, 6.07) is 13.4. The van der Waals surface area contributed by atoms with Crippen LogP contribution in [0, 0.1) is 0 Å². The molecular formula is C23H26N4OS2. The highest BCUT2D eigenvalue weighted by Gasteiger charge is 2.31. The molecule has 30 heavy (non-hydrogen) atoms. The molecule has 0 bridgehead atoms. The van der Waals surface area contributed by atoms with E-state index in [1.165, 1.54) is 40.6 Å². The third-order valence-electron chi connectivity index (χ3n) is 6.08. The number of fused-ring (bicyclic) bond motifs is 1. The second kappa shape index (κ2) is 8.55. The van der Waals surface area contributed by atoms with Crippen LogP contribution in [-0.2, 0) is 17.6 Å². The van der Waals surface area contributed by atoms with E-state index < -0.39 is 0 Å². The van der Waals surface area contributed by atoms with Crippen LogP contribution in [0.2, 0.25) is 0 Å². The molecule has 0 saturated heterocycles. The second-order valence-corrected chi connectivity index (χ2v) is 10.1. The average Bonchev–Trinajstić information content (AvgIpc) is 3.33. The maximum atomic E-state index is 13.0. The molecule has 5 nitrogen and oxygen atoms in total. The maximum absolute atomic E-state index is 13.0. The minimum Gasteiger partial charge on any atom is -0.338 e. The predicted molar refractivity (Wildman–Crippen MR) is 121 cm³/mol. The number of aromatic nitrogens is 3. The van der Waals surface area contributed by atoms with E-state index in [2.05, 4.69) is 56.5 Å². The Kier molecular flexibility index (Phi) is 5.65. The molecule has 0 spiro atoms. The number of amides is 1. The zero-order valence-electron chi connectivity index (χ0n) is 17.2. The Balaban J connectivity index is 1.27. The number of nitrogens with zero attached hydrogens (tertiary/aromatic N) is 4. The van der Waals surface area contributed by atoms with E-state index in [0.29, 0.717) is 11.8 Å². The molecule has 0 aliphatic heterocycles. The van der Waals surface area contributed by atoms with Gasteiger partial charge in [0.1, 0.15) is 5.82 Å². The number of aryl methyl sites for hydroxylation is 1. The van der Waals surface area contributed by atoms with Gasteiger partial charge in [0.2, 0.25) is 5.91 Å². The summed E-state index contributed by atoms with van der Waals surface area (Å²) in [6.07, 6.45) is 6.45. The minimum absolute atomic E-state index is 0.159. The van der Waals surface area contributed by atoms with Gasteiger partial charge in [-0.05, 0) is 54.7 Å². The summed E-state index contributed by atoms with van der Waals surface area (Å²) in [5.74, 6) is 1.58. The van der Waals surface area contributed by atoms with Crippen molar-refractivity contribution >= 4 is 29.0 Å². The van der Waals surface area contributed by atoms with Crippen LogP contribution in [0.1, 0.15) is 59.6 Å². The van der Waals surface area contributed by atoms with Crippen molar-refractivity contribution in [1.29, 1.82) is 0 Å². The van der Waals surface area contributed by atoms with Crippen molar-refractivity contribution in [3.8, 4) is 0 Å². The highest BCUT2D eigenvalue weighted by Crippen LogP contribution is 2.39.